The molecule has 0 aliphatic heterocycles. The molecule has 7 heteroatoms. The number of nitrogens with zero attached hydrogens (tertiary/aromatic N) is 1. The van der Waals surface area contributed by atoms with Crippen LogP contribution in [-0.2, 0) is 9.53 Å². The van der Waals surface area contributed by atoms with Crippen LogP contribution in [0.25, 0.3) is 22.7 Å². The number of hydrogen-bond acceptors (Lipinski definition) is 4. The van der Waals surface area contributed by atoms with Crippen LogP contribution in [-0.4, -0.2) is 18.1 Å². The lowest BCUT2D eigenvalue weighted by Crippen LogP contribution is -2.26. The van der Waals surface area contributed by atoms with Crippen LogP contribution in [0.5, 0.6) is 0 Å². The van der Waals surface area contributed by atoms with E-state index in [2.05, 4.69) is 20.9 Å². The molecule has 0 bridgehead atoms. The van der Waals surface area contributed by atoms with Crippen LogP contribution in [0.15, 0.2) is 51.4 Å². The molecule has 2 unspecified atom stereocenters. The zero-order valence-corrected chi connectivity index (χ0v) is 17.9. The summed E-state index contributed by atoms with van der Waals surface area (Å²) in [6.07, 6.45) is 3.36. The summed E-state index contributed by atoms with van der Waals surface area (Å²) >= 11 is 3.43. The van der Waals surface area contributed by atoms with E-state index in [4.69, 9.17) is 9.15 Å². The summed E-state index contributed by atoms with van der Waals surface area (Å²) in [5.74, 6) is -1.94. The predicted octanol–water partition coefficient (Wildman–Crippen LogP) is 6.50. The normalized spacial score (nSPS) is 18.9. The number of rotatable bonds is 4. The molecule has 4 nitrogen and oxygen atoms in total. The van der Waals surface area contributed by atoms with Gasteiger partial charge >= 0.3 is 5.97 Å². The van der Waals surface area contributed by atoms with Crippen molar-refractivity contribution in [2.45, 2.75) is 31.6 Å². The number of hydrogen-bond donors (Lipinski definition) is 0. The second-order valence-electron chi connectivity index (χ2n) is 7.39. The fourth-order valence-corrected chi connectivity index (χ4v) is 4.29. The number of carbonyl (C=O) groups excluding carboxylic acids is 1. The molecule has 2 atom stereocenters. The molecule has 1 aliphatic carbocycles. The van der Waals surface area contributed by atoms with Crippen molar-refractivity contribution in [2.24, 2.45) is 5.92 Å². The summed E-state index contributed by atoms with van der Waals surface area (Å²) in [7, 11) is 1.39. The van der Waals surface area contributed by atoms with Gasteiger partial charge in [-0.1, -0.05) is 40.9 Å². The summed E-state index contributed by atoms with van der Waals surface area (Å²) in [6.45, 7) is 0. The smallest absolute Gasteiger partial charge is 0.309 e. The van der Waals surface area contributed by atoms with E-state index in [9.17, 15) is 13.6 Å². The van der Waals surface area contributed by atoms with Crippen molar-refractivity contribution in [1.82, 2.24) is 4.98 Å². The molecular formula is C23H20BrF2NO3. The van der Waals surface area contributed by atoms with Gasteiger partial charge in [0.05, 0.1) is 13.0 Å². The minimum Gasteiger partial charge on any atom is -0.469 e. The Kier molecular flexibility index (Phi) is 5.99. The summed E-state index contributed by atoms with van der Waals surface area (Å²) < 4.78 is 39.3. The van der Waals surface area contributed by atoms with Crippen molar-refractivity contribution in [3.05, 3.63) is 64.3 Å². The molecule has 156 valence electrons. The predicted molar refractivity (Wildman–Crippen MR) is 112 cm³/mol. The Balaban J connectivity index is 1.84. The van der Waals surface area contributed by atoms with E-state index in [0.717, 1.165) is 41.4 Å². The Morgan fingerprint density at radius 3 is 2.47 bits per heavy atom. The molecule has 0 radical (unpaired) electrons. The molecule has 30 heavy (non-hydrogen) atoms. The summed E-state index contributed by atoms with van der Waals surface area (Å²) in [4.78, 5) is 17.0. The summed E-state index contributed by atoms with van der Waals surface area (Å²) in [6, 6.07) is 11.1. The van der Waals surface area contributed by atoms with Crippen LogP contribution >= 0.6 is 15.9 Å². The number of ether oxygens (including phenoxy) is 1. The second-order valence-corrected chi connectivity index (χ2v) is 8.30. The molecule has 0 amide bonds. The van der Waals surface area contributed by atoms with E-state index in [0.29, 0.717) is 23.4 Å². The third kappa shape index (κ3) is 4.03. The quantitative estimate of drug-likeness (QED) is 0.404. The zero-order valence-electron chi connectivity index (χ0n) is 16.3. The first-order valence-corrected chi connectivity index (χ1v) is 10.6. The fraction of sp³-hybridized carbons (Fsp3) is 0.304. The van der Waals surface area contributed by atoms with Crippen LogP contribution in [0, 0.1) is 17.6 Å². The Morgan fingerprint density at radius 1 is 1.07 bits per heavy atom. The second kappa shape index (κ2) is 8.68. The molecule has 1 fully saturated rings. The highest BCUT2D eigenvalue weighted by Crippen LogP contribution is 2.44. The summed E-state index contributed by atoms with van der Waals surface area (Å²) in [5.41, 5.74) is 1.76. The highest BCUT2D eigenvalue weighted by molar-refractivity contribution is 9.10. The number of methoxy groups -OCH3 is 1. The number of benzene rings is 2. The molecule has 4 rings (SSSR count). The topological polar surface area (TPSA) is 52.3 Å². The minimum atomic E-state index is -0.970. The molecule has 2 aromatic carbocycles. The summed E-state index contributed by atoms with van der Waals surface area (Å²) in [5, 5.41) is 0. The van der Waals surface area contributed by atoms with E-state index in [1.165, 1.54) is 13.2 Å². The van der Waals surface area contributed by atoms with Crippen LogP contribution in [0.3, 0.4) is 0 Å². The molecule has 0 spiro atoms. The Morgan fingerprint density at radius 2 is 1.77 bits per heavy atom. The number of esters is 1. The van der Waals surface area contributed by atoms with Gasteiger partial charge in [-0.25, -0.2) is 13.8 Å². The van der Waals surface area contributed by atoms with Gasteiger partial charge in [0.2, 0.25) is 5.89 Å². The van der Waals surface area contributed by atoms with Crippen LogP contribution in [0.4, 0.5) is 8.78 Å². The molecule has 1 heterocycles. The molecule has 0 saturated heterocycles. The van der Waals surface area contributed by atoms with Gasteiger partial charge in [0, 0.05) is 21.5 Å². The van der Waals surface area contributed by atoms with Crippen LogP contribution in [0.1, 0.15) is 37.4 Å². The monoisotopic (exact) mass is 475 g/mol. The maximum atomic E-state index is 13.8. The molecule has 1 aliphatic rings. The molecule has 0 N–H and O–H groups in total. The van der Waals surface area contributed by atoms with Gasteiger partial charge in [0.15, 0.2) is 11.6 Å². The fourth-order valence-electron chi connectivity index (χ4n) is 4.03. The van der Waals surface area contributed by atoms with Gasteiger partial charge in [-0.05, 0) is 43.2 Å². The highest BCUT2D eigenvalue weighted by atomic mass is 79.9. The first kappa shape index (κ1) is 20.7. The van der Waals surface area contributed by atoms with Crippen molar-refractivity contribution in [3.8, 4) is 22.7 Å². The van der Waals surface area contributed by atoms with Gasteiger partial charge < -0.3 is 9.15 Å². The lowest BCUT2D eigenvalue weighted by atomic mass is 9.77. The van der Waals surface area contributed by atoms with Crippen LogP contribution < -0.4 is 0 Å². The van der Waals surface area contributed by atoms with E-state index < -0.39 is 11.6 Å². The molecule has 1 saturated carbocycles. The van der Waals surface area contributed by atoms with E-state index in [1.807, 2.05) is 24.3 Å². The van der Waals surface area contributed by atoms with Crippen molar-refractivity contribution in [3.63, 3.8) is 0 Å². The van der Waals surface area contributed by atoms with Gasteiger partial charge in [0.1, 0.15) is 11.5 Å². The maximum absolute atomic E-state index is 13.8. The van der Waals surface area contributed by atoms with Gasteiger partial charge in [-0.2, -0.15) is 0 Å². The third-order valence-corrected chi connectivity index (χ3v) is 6.07. The largest absolute Gasteiger partial charge is 0.469 e. The lowest BCUT2D eigenvalue weighted by molar-refractivity contribution is -0.147. The van der Waals surface area contributed by atoms with Gasteiger partial charge in [-0.15, -0.1) is 0 Å². The maximum Gasteiger partial charge on any atom is 0.309 e. The van der Waals surface area contributed by atoms with Crippen molar-refractivity contribution in [2.75, 3.05) is 7.11 Å². The number of carbonyl (C=O) groups is 1. The molecular weight excluding hydrogens is 456 g/mol. The molecule has 1 aromatic heterocycles. The number of aromatic nitrogens is 1. The van der Waals surface area contributed by atoms with Gasteiger partial charge in [-0.3, -0.25) is 4.79 Å². The Hall–Kier alpha value is -2.54. The standard InChI is InChI=1S/C23H20BrF2NO3/c1-29-23(28)17-5-3-2-4-16(17)21-20(13-6-9-15(24)10-7-13)27-22(30-21)14-8-11-18(25)19(26)12-14/h6-12,16-17H,2-5H2,1H3. The van der Waals surface area contributed by atoms with Crippen LogP contribution in [0.2, 0.25) is 0 Å². The first-order chi connectivity index (χ1) is 14.5. The van der Waals surface area contributed by atoms with Crippen molar-refractivity contribution >= 4 is 21.9 Å². The van der Waals surface area contributed by atoms with E-state index >= 15 is 0 Å². The minimum absolute atomic E-state index is 0.191. The first-order valence-electron chi connectivity index (χ1n) is 9.78. The van der Waals surface area contributed by atoms with Gasteiger partial charge in [0.25, 0.3) is 0 Å². The average molecular weight is 476 g/mol. The molecule has 3 aromatic rings. The van der Waals surface area contributed by atoms with E-state index in [1.54, 1.807) is 0 Å². The Bertz CT molecular complexity index is 1060. The van der Waals surface area contributed by atoms with Crippen molar-refractivity contribution < 1.29 is 22.7 Å². The zero-order chi connectivity index (χ0) is 21.3. The number of halogens is 3. The third-order valence-electron chi connectivity index (χ3n) is 5.54. The SMILES string of the molecule is COC(=O)C1CCCCC1c1oc(-c2ccc(F)c(F)c2)nc1-c1ccc(Br)cc1. The highest BCUT2D eigenvalue weighted by Gasteiger charge is 2.37. The van der Waals surface area contributed by atoms with Crippen molar-refractivity contribution in [1.29, 1.82) is 0 Å². The Labute approximate surface area is 181 Å². The van der Waals surface area contributed by atoms with E-state index in [-0.39, 0.29) is 23.7 Å². The average Bonchev–Trinajstić information content (AvgIpc) is 3.21. The lowest BCUT2D eigenvalue weighted by Gasteiger charge is -2.28. The number of oxazole rings is 1.